The second kappa shape index (κ2) is 12.5. The Bertz CT molecular complexity index is 1240. The van der Waals surface area contributed by atoms with Crippen molar-refractivity contribution < 1.29 is 27.1 Å². The SMILES string of the molecule is COc1ccc(S(=O)(=O)N(CC(=O)NCCSCc2ccccc2F)c2ccccc2)cc1OC. The molecule has 1 amide bonds. The monoisotopic (exact) mass is 518 g/mol. The molecule has 35 heavy (non-hydrogen) atoms. The van der Waals surface area contributed by atoms with E-state index < -0.39 is 22.5 Å². The highest BCUT2D eigenvalue weighted by Crippen LogP contribution is 2.32. The molecule has 10 heteroatoms. The van der Waals surface area contributed by atoms with Crippen LogP contribution in [-0.4, -0.2) is 47.4 Å². The van der Waals surface area contributed by atoms with Gasteiger partial charge in [0.1, 0.15) is 12.4 Å². The molecule has 0 aliphatic carbocycles. The summed E-state index contributed by atoms with van der Waals surface area (Å²) < 4.78 is 52.2. The van der Waals surface area contributed by atoms with Crippen LogP contribution in [0.4, 0.5) is 10.1 Å². The zero-order valence-corrected chi connectivity index (χ0v) is 21.1. The molecular weight excluding hydrogens is 491 g/mol. The number of ether oxygens (including phenoxy) is 2. The Balaban J connectivity index is 1.69. The number of nitrogens with zero attached hydrogens (tertiary/aromatic N) is 1. The van der Waals surface area contributed by atoms with Crippen molar-refractivity contribution in [1.29, 1.82) is 0 Å². The summed E-state index contributed by atoms with van der Waals surface area (Å²) in [4.78, 5) is 12.6. The van der Waals surface area contributed by atoms with Crippen molar-refractivity contribution in [3.8, 4) is 11.5 Å². The highest BCUT2D eigenvalue weighted by atomic mass is 32.2. The number of para-hydroxylation sites is 1. The Morgan fingerprint density at radius 3 is 2.34 bits per heavy atom. The van der Waals surface area contributed by atoms with Crippen molar-refractivity contribution in [3.63, 3.8) is 0 Å². The highest BCUT2D eigenvalue weighted by molar-refractivity contribution is 7.98. The Morgan fingerprint density at radius 1 is 0.971 bits per heavy atom. The number of benzene rings is 3. The Hall–Kier alpha value is -3.24. The summed E-state index contributed by atoms with van der Waals surface area (Å²) in [5, 5.41) is 2.74. The smallest absolute Gasteiger partial charge is 0.264 e. The number of rotatable bonds is 12. The van der Waals surface area contributed by atoms with Gasteiger partial charge in [-0.3, -0.25) is 9.10 Å². The molecule has 0 saturated heterocycles. The van der Waals surface area contributed by atoms with E-state index in [4.69, 9.17) is 9.47 Å². The van der Waals surface area contributed by atoms with Crippen LogP contribution in [0.25, 0.3) is 0 Å². The molecule has 3 aromatic rings. The first-order valence-electron chi connectivity index (χ1n) is 10.7. The zero-order chi connectivity index (χ0) is 25.3. The van der Waals surface area contributed by atoms with Gasteiger partial charge in [-0.25, -0.2) is 12.8 Å². The lowest BCUT2D eigenvalue weighted by atomic mass is 10.2. The average Bonchev–Trinajstić information content (AvgIpc) is 2.88. The molecule has 0 fully saturated rings. The molecule has 0 radical (unpaired) electrons. The number of halogens is 1. The highest BCUT2D eigenvalue weighted by Gasteiger charge is 2.28. The Labute approximate surface area is 209 Å². The molecule has 0 atom stereocenters. The van der Waals surface area contributed by atoms with Crippen LogP contribution in [0.2, 0.25) is 0 Å². The predicted molar refractivity (Wildman–Crippen MR) is 136 cm³/mol. The maximum atomic E-state index is 13.7. The fourth-order valence-corrected chi connectivity index (χ4v) is 5.54. The van der Waals surface area contributed by atoms with E-state index in [1.807, 2.05) is 0 Å². The zero-order valence-electron chi connectivity index (χ0n) is 19.4. The summed E-state index contributed by atoms with van der Waals surface area (Å²) in [6.45, 7) is -0.0876. The van der Waals surface area contributed by atoms with Crippen molar-refractivity contribution in [3.05, 3.63) is 84.2 Å². The maximum Gasteiger partial charge on any atom is 0.264 e. The molecule has 0 aliphatic rings. The first-order chi connectivity index (χ1) is 16.9. The number of thioether (sulfide) groups is 1. The van der Waals surface area contributed by atoms with Crippen LogP contribution < -0.4 is 19.1 Å². The number of amides is 1. The molecule has 1 N–H and O–H groups in total. The van der Waals surface area contributed by atoms with Gasteiger partial charge in [0, 0.05) is 24.1 Å². The minimum atomic E-state index is -4.09. The van der Waals surface area contributed by atoms with E-state index in [0.717, 1.165) is 4.31 Å². The summed E-state index contributed by atoms with van der Waals surface area (Å²) in [6, 6.07) is 19.2. The van der Waals surface area contributed by atoms with Gasteiger partial charge in [0.25, 0.3) is 10.0 Å². The third-order valence-corrected chi connectivity index (χ3v) is 7.84. The number of hydrogen-bond acceptors (Lipinski definition) is 6. The summed E-state index contributed by atoms with van der Waals surface area (Å²) >= 11 is 1.48. The van der Waals surface area contributed by atoms with Gasteiger partial charge in [-0.2, -0.15) is 11.8 Å². The lowest BCUT2D eigenvalue weighted by molar-refractivity contribution is -0.119. The molecule has 0 aromatic heterocycles. The summed E-state index contributed by atoms with van der Waals surface area (Å²) in [7, 11) is -1.22. The van der Waals surface area contributed by atoms with E-state index in [1.165, 1.54) is 50.2 Å². The molecule has 0 bridgehead atoms. The van der Waals surface area contributed by atoms with Crippen LogP contribution in [0.3, 0.4) is 0 Å². The van der Waals surface area contributed by atoms with Gasteiger partial charge in [-0.15, -0.1) is 0 Å². The number of methoxy groups -OCH3 is 2. The van der Waals surface area contributed by atoms with Crippen molar-refractivity contribution in [2.75, 3.05) is 37.4 Å². The summed E-state index contributed by atoms with van der Waals surface area (Å²) in [5.74, 6) is 0.966. The van der Waals surface area contributed by atoms with Gasteiger partial charge in [0.05, 0.1) is 24.8 Å². The van der Waals surface area contributed by atoms with E-state index in [0.29, 0.717) is 35.1 Å². The van der Waals surface area contributed by atoms with Gasteiger partial charge >= 0.3 is 0 Å². The molecule has 186 valence electrons. The lowest BCUT2D eigenvalue weighted by Crippen LogP contribution is -2.41. The summed E-state index contributed by atoms with van der Waals surface area (Å²) in [6.07, 6.45) is 0. The van der Waals surface area contributed by atoms with Gasteiger partial charge in [0.15, 0.2) is 11.5 Å². The molecule has 0 heterocycles. The molecule has 7 nitrogen and oxygen atoms in total. The quantitative estimate of drug-likeness (QED) is 0.364. The van der Waals surface area contributed by atoms with Crippen molar-refractivity contribution >= 4 is 33.4 Å². The third kappa shape index (κ3) is 6.89. The standard InChI is InChI=1S/C25H27FN2O5S2/c1-32-23-13-12-21(16-24(23)33-2)35(30,31)28(20-9-4-3-5-10-20)17-25(29)27-14-15-34-18-19-8-6-7-11-22(19)26/h3-13,16H,14-15,17-18H2,1-2H3,(H,27,29). The van der Waals surface area contributed by atoms with E-state index in [-0.39, 0.29) is 16.5 Å². The Morgan fingerprint density at radius 2 is 1.66 bits per heavy atom. The van der Waals surface area contributed by atoms with Gasteiger partial charge < -0.3 is 14.8 Å². The minimum absolute atomic E-state index is 0.0350. The van der Waals surface area contributed by atoms with Gasteiger partial charge in [-0.1, -0.05) is 36.4 Å². The van der Waals surface area contributed by atoms with Crippen molar-refractivity contribution in [1.82, 2.24) is 5.32 Å². The second-order valence-corrected chi connectivity index (χ2v) is 10.3. The topological polar surface area (TPSA) is 84.9 Å². The number of carbonyl (C=O) groups is 1. The lowest BCUT2D eigenvalue weighted by Gasteiger charge is -2.24. The van der Waals surface area contributed by atoms with Crippen molar-refractivity contribution in [2.24, 2.45) is 0 Å². The first-order valence-corrected chi connectivity index (χ1v) is 13.3. The molecule has 0 aliphatic heterocycles. The number of hydrogen-bond donors (Lipinski definition) is 1. The molecule has 0 spiro atoms. The second-order valence-electron chi connectivity index (χ2n) is 7.36. The molecule has 3 aromatic carbocycles. The maximum absolute atomic E-state index is 13.7. The fourth-order valence-electron chi connectivity index (χ4n) is 3.26. The minimum Gasteiger partial charge on any atom is -0.493 e. The van der Waals surface area contributed by atoms with Crippen LogP contribution in [0.5, 0.6) is 11.5 Å². The van der Waals surface area contributed by atoms with E-state index in [9.17, 15) is 17.6 Å². The van der Waals surface area contributed by atoms with E-state index in [2.05, 4.69) is 5.32 Å². The van der Waals surface area contributed by atoms with Crippen LogP contribution in [0.1, 0.15) is 5.56 Å². The molecular formula is C25H27FN2O5S2. The van der Waals surface area contributed by atoms with Crippen molar-refractivity contribution in [2.45, 2.75) is 10.6 Å². The number of sulfonamides is 1. The van der Waals surface area contributed by atoms with Crippen LogP contribution in [-0.2, 0) is 20.6 Å². The number of anilines is 1. The Kier molecular flexibility index (Phi) is 9.39. The third-order valence-electron chi connectivity index (χ3n) is 5.06. The van der Waals surface area contributed by atoms with E-state index in [1.54, 1.807) is 48.5 Å². The normalized spacial score (nSPS) is 11.1. The molecule has 3 rings (SSSR count). The van der Waals surface area contributed by atoms with E-state index >= 15 is 0 Å². The largest absolute Gasteiger partial charge is 0.493 e. The van der Waals surface area contributed by atoms with Gasteiger partial charge in [-0.05, 0) is 35.9 Å². The predicted octanol–water partition coefficient (Wildman–Crippen LogP) is 4.09. The molecule has 0 saturated carbocycles. The first kappa shape index (κ1) is 26.4. The summed E-state index contributed by atoms with van der Waals surface area (Å²) in [5.41, 5.74) is 0.950. The van der Waals surface area contributed by atoms with Crippen LogP contribution in [0, 0.1) is 5.82 Å². The average molecular weight is 519 g/mol. The van der Waals surface area contributed by atoms with Crippen LogP contribution in [0.15, 0.2) is 77.7 Å². The van der Waals surface area contributed by atoms with Crippen LogP contribution >= 0.6 is 11.8 Å². The fraction of sp³-hybridized carbons (Fsp3) is 0.240. The molecule has 0 unspecified atom stereocenters. The number of nitrogens with one attached hydrogen (secondary N) is 1. The number of carbonyl (C=O) groups excluding carboxylic acids is 1. The van der Waals surface area contributed by atoms with Gasteiger partial charge in [0.2, 0.25) is 5.91 Å².